The van der Waals surface area contributed by atoms with Gasteiger partial charge in [0.15, 0.2) is 0 Å². The number of sulfonamides is 1. The quantitative estimate of drug-likeness (QED) is 0.477. The highest BCUT2D eigenvalue weighted by atomic mass is 32.2. The number of rotatable bonds is 7. The molecule has 3 aromatic rings. The fourth-order valence-corrected chi connectivity index (χ4v) is 6.09. The molecule has 1 atom stereocenters. The van der Waals surface area contributed by atoms with Crippen molar-refractivity contribution >= 4 is 32.4 Å². The van der Waals surface area contributed by atoms with E-state index < -0.39 is 21.7 Å². The summed E-state index contributed by atoms with van der Waals surface area (Å²) in [6.45, 7) is 5.96. The third-order valence-corrected chi connectivity index (χ3v) is 8.60. The monoisotopic (exact) mass is 486 g/mol. The molecule has 2 aromatic carbocycles. The third kappa shape index (κ3) is 4.92. The molecule has 0 saturated heterocycles. The average molecular weight is 487 g/mol. The number of carbonyl (C=O) groups excluding carboxylic acids is 1. The number of para-hydroxylation sites is 1. The lowest BCUT2D eigenvalue weighted by atomic mass is 9.84. The van der Waals surface area contributed by atoms with Crippen molar-refractivity contribution < 1.29 is 17.9 Å². The number of benzene rings is 2. The lowest BCUT2D eigenvalue weighted by molar-refractivity contribution is 0.0260. The van der Waals surface area contributed by atoms with Gasteiger partial charge in [0.25, 0.3) is 15.9 Å². The minimum atomic E-state index is -3.97. The van der Waals surface area contributed by atoms with E-state index in [1.807, 2.05) is 51.1 Å². The van der Waals surface area contributed by atoms with Crippen molar-refractivity contribution in [3.8, 4) is 5.75 Å². The molecule has 0 aliphatic carbocycles. The Bertz CT molecular complexity index is 1270. The molecule has 2 N–H and O–H groups in total. The van der Waals surface area contributed by atoms with E-state index in [0.717, 1.165) is 35.3 Å². The normalized spacial score (nSPS) is 17.1. The molecule has 0 saturated carbocycles. The molecule has 8 nitrogen and oxygen atoms in total. The predicted octanol–water partition coefficient (Wildman–Crippen LogP) is 4.46. The lowest BCUT2D eigenvalue weighted by Crippen LogP contribution is -2.44. The first-order valence-corrected chi connectivity index (χ1v) is 13.1. The van der Waals surface area contributed by atoms with Gasteiger partial charge in [0, 0.05) is 17.5 Å². The van der Waals surface area contributed by atoms with Crippen molar-refractivity contribution in [3.63, 3.8) is 0 Å². The van der Waals surface area contributed by atoms with Crippen LogP contribution in [0.15, 0.2) is 52.9 Å². The molecular weight excluding hydrogens is 460 g/mol. The second kappa shape index (κ2) is 9.20. The number of carbonyl (C=O) groups is 1. The Balaban J connectivity index is 1.55. The smallest absolute Gasteiger partial charge is 0.270 e. The average Bonchev–Trinajstić information content (AvgIpc) is 3.28. The lowest BCUT2D eigenvalue weighted by Gasteiger charge is -2.41. The molecule has 0 radical (unpaired) electrons. The largest absolute Gasteiger partial charge is 0.487 e. The number of aryl methyl sites for hydroxylation is 1. The molecule has 2 heterocycles. The van der Waals surface area contributed by atoms with E-state index in [9.17, 15) is 13.2 Å². The fraction of sp³-hybridized carbons (Fsp3) is 0.348. The molecule has 0 unspecified atom stereocenters. The number of nitrogens with one attached hydrogen (secondary N) is 2. The summed E-state index contributed by atoms with van der Waals surface area (Å²) in [6, 6.07) is 14.1. The third-order valence-electron chi connectivity index (χ3n) is 5.92. The van der Waals surface area contributed by atoms with Gasteiger partial charge in [0.1, 0.15) is 11.4 Å². The molecule has 1 aliphatic rings. The van der Waals surface area contributed by atoms with Crippen LogP contribution in [0, 0.1) is 6.92 Å². The van der Waals surface area contributed by atoms with Crippen molar-refractivity contribution in [3.05, 3.63) is 65.2 Å². The van der Waals surface area contributed by atoms with Crippen molar-refractivity contribution in [1.29, 1.82) is 0 Å². The van der Waals surface area contributed by atoms with Gasteiger partial charge >= 0.3 is 0 Å². The zero-order valence-electron chi connectivity index (χ0n) is 18.7. The van der Waals surface area contributed by atoms with Crippen molar-refractivity contribution in [2.24, 2.45) is 0 Å². The molecule has 4 rings (SSSR count). The summed E-state index contributed by atoms with van der Waals surface area (Å²) < 4.78 is 35.1. The minimum absolute atomic E-state index is 0.116. The second-order valence-electron chi connectivity index (χ2n) is 8.10. The predicted molar refractivity (Wildman–Crippen MR) is 127 cm³/mol. The Hall–Kier alpha value is -2.82. The summed E-state index contributed by atoms with van der Waals surface area (Å²) in [5.41, 5.74) is 1.74. The molecule has 1 aromatic heterocycles. The highest BCUT2D eigenvalue weighted by molar-refractivity contribution is 7.91. The second-order valence-corrected chi connectivity index (χ2v) is 11.0. The van der Waals surface area contributed by atoms with Gasteiger partial charge in [-0.25, -0.2) is 13.1 Å². The minimum Gasteiger partial charge on any atom is -0.487 e. The SMILES string of the molecule is CCC1(CC)C[C@H](NS(=O)(=O)c2nnc(NC(=O)c3cccc(C)c3)s2)c2ccccc2O1. The summed E-state index contributed by atoms with van der Waals surface area (Å²) in [5.74, 6) is 0.310. The number of anilines is 1. The van der Waals surface area contributed by atoms with Crippen LogP contribution in [-0.2, 0) is 10.0 Å². The van der Waals surface area contributed by atoms with Crippen LogP contribution in [0.3, 0.4) is 0 Å². The zero-order valence-corrected chi connectivity index (χ0v) is 20.3. The van der Waals surface area contributed by atoms with Crippen LogP contribution in [-0.4, -0.2) is 30.1 Å². The Morgan fingerprint density at radius 2 is 1.91 bits per heavy atom. The topological polar surface area (TPSA) is 110 Å². The van der Waals surface area contributed by atoms with Gasteiger partial charge in [-0.15, -0.1) is 10.2 Å². The van der Waals surface area contributed by atoms with E-state index in [4.69, 9.17) is 4.74 Å². The van der Waals surface area contributed by atoms with Crippen LogP contribution in [0.2, 0.25) is 0 Å². The van der Waals surface area contributed by atoms with Gasteiger partial charge in [-0.05, 0) is 38.0 Å². The van der Waals surface area contributed by atoms with Gasteiger partial charge in [0.05, 0.1) is 6.04 Å². The van der Waals surface area contributed by atoms with Gasteiger partial charge in [-0.1, -0.05) is 61.1 Å². The van der Waals surface area contributed by atoms with Gasteiger partial charge < -0.3 is 4.74 Å². The number of aromatic nitrogens is 2. The van der Waals surface area contributed by atoms with E-state index in [2.05, 4.69) is 20.2 Å². The maximum Gasteiger partial charge on any atom is 0.270 e. The van der Waals surface area contributed by atoms with E-state index >= 15 is 0 Å². The standard InChI is InChI=1S/C23H26N4O4S2/c1-4-23(5-2)14-18(17-11-6-7-12-19(17)31-23)27-33(29,30)22-26-25-21(32-22)24-20(28)16-10-8-9-15(3)13-16/h6-13,18,27H,4-5,14H2,1-3H3,(H,24,25,28)/t18-/m0/s1. The van der Waals surface area contributed by atoms with Crippen LogP contribution in [0.25, 0.3) is 0 Å². The van der Waals surface area contributed by atoms with E-state index in [1.165, 1.54) is 0 Å². The molecule has 10 heteroatoms. The van der Waals surface area contributed by atoms with Crippen LogP contribution in [0.1, 0.15) is 60.6 Å². The van der Waals surface area contributed by atoms with Crippen molar-refractivity contribution in [2.75, 3.05) is 5.32 Å². The van der Waals surface area contributed by atoms with Crippen LogP contribution >= 0.6 is 11.3 Å². The molecule has 1 amide bonds. The molecule has 0 spiro atoms. The number of ether oxygens (including phenoxy) is 1. The maximum absolute atomic E-state index is 13.2. The van der Waals surface area contributed by atoms with Crippen LogP contribution in [0.4, 0.5) is 5.13 Å². The van der Waals surface area contributed by atoms with Crippen molar-refractivity contribution in [1.82, 2.24) is 14.9 Å². The Morgan fingerprint density at radius 1 is 1.15 bits per heavy atom. The highest BCUT2D eigenvalue weighted by Crippen LogP contribution is 2.43. The number of fused-ring (bicyclic) bond motifs is 1. The van der Waals surface area contributed by atoms with Gasteiger partial charge in [0.2, 0.25) is 9.47 Å². The van der Waals surface area contributed by atoms with Crippen molar-refractivity contribution in [2.45, 2.75) is 56.0 Å². The molecule has 1 aliphatic heterocycles. The van der Waals surface area contributed by atoms with Gasteiger partial charge in [-0.3, -0.25) is 10.1 Å². The van der Waals surface area contributed by atoms with Crippen LogP contribution < -0.4 is 14.8 Å². The van der Waals surface area contributed by atoms with Gasteiger partial charge in [-0.2, -0.15) is 0 Å². The molecular formula is C23H26N4O4S2. The highest BCUT2D eigenvalue weighted by Gasteiger charge is 2.40. The van der Waals surface area contributed by atoms with E-state index in [0.29, 0.717) is 17.7 Å². The van der Waals surface area contributed by atoms with E-state index in [-0.39, 0.29) is 15.4 Å². The number of nitrogens with zero attached hydrogens (tertiary/aromatic N) is 2. The molecule has 0 fully saturated rings. The summed E-state index contributed by atoms with van der Waals surface area (Å²) in [4.78, 5) is 12.5. The summed E-state index contributed by atoms with van der Waals surface area (Å²) in [5, 5.41) is 10.4. The molecule has 174 valence electrons. The molecule has 33 heavy (non-hydrogen) atoms. The number of hydrogen-bond donors (Lipinski definition) is 2. The first-order chi connectivity index (χ1) is 15.7. The van der Waals surface area contributed by atoms with Crippen LogP contribution in [0.5, 0.6) is 5.75 Å². The Labute approximate surface area is 197 Å². The molecule has 0 bridgehead atoms. The summed E-state index contributed by atoms with van der Waals surface area (Å²) in [7, 11) is -3.97. The Kier molecular flexibility index (Phi) is 6.51. The first-order valence-electron chi connectivity index (χ1n) is 10.8. The first kappa shape index (κ1) is 23.3. The zero-order chi connectivity index (χ0) is 23.6. The summed E-state index contributed by atoms with van der Waals surface area (Å²) in [6.07, 6.45) is 2.01. The Morgan fingerprint density at radius 3 is 2.64 bits per heavy atom. The van der Waals surface area contributed by atoms with E-state index in [1.54, 1.807) is 18.2 Å². The summed E-state index contributed by atoms with van der Waals surface area (Å²) >= 11 is 0.812. The number of hydrogen-bond acceptors (Lipinski definition) is 7. The number of amides is 1. The fourth-order valence-electron chi connectivity index (χ4n) is 3.97. The maximum atomic E-state index is 13.2.